The summed E-state index contributed by atoms with van der Waals surface area (Å²) in [5.74, 6) is -0.0855. The number of nitrogens with one attached hydrogen (secondary N) is 1. The van der Waals surface area contributed by atoms with Crippen LogP contribution in [0.25, 0.3) is 0 Å². The number of amides is 1. The molecule has 1 aromatic rings. The van der Waals surface area contributed by atoms with E-state index in [4.69, 9.17) is 11.6 Å². The molecular weight excluding hydrogens is 244 g/mol. The van der Waals surface area contributed by atoms with Gasteiger partial charge in [0.2, 0.25) is 5.91 Å². The van der Waals surface area contributed by atoms with Crippen LogP contribution in [0.5, 0.6) is 0 Å². The van der Waals surface area contributed by atoms with Gasteiger partial charge in [-0.3, -0.25) is 9.36 Å². The fourth-order valence-electron chi connectivity index (χ4n) is 1.70. The maximum Gasteiger partial charge on any atom is 0.348 e. The molecule has 6 nitrogen and oxygen atoms in total. The van der Waals surface area contributed by atoms with E-state index in [9.17, 15) is 9.59 Å². The van der Waals surface area contributed by atoms with E-state index in [-0.39, 0.29) is 12.5 Å². The molecule has 2 rings (SSSR count). The Bertz CT molecular complexity index is 468. The lowest BCUT2D eigenvalue weighted by atomic mass is 10.3. The van der Waals surface area contributed by atoms with Crippen molar-refractivity contribution >= 4 is 17.5 Å². The number of carbonyl (C=O) groups excluding carboxylic acids is 1. The molecule has 1 aliphatic heterocycles. The van der Waals surface area contributed by atoms with E-state index >= 15 is 0 Å². The van der Waals surface area contributed by atoms with Crippen LogP contribution in [0, 0.1) is 0 Å². The molecule has 0 unspecified atom stereocenters. The molecule has 0 bridgehead atoms. The number of hydrogen-bond donors (Lipinski definition) is 1. The molecule has 0 saturated carbocycles. The van der Waals surface area contributed by atoms with Crippen LogP contribution in [0.2, 0.25) is 5.02 Å². The minimum absolute atomic E-state index is 0.00755. The molecule has 17 heavy (non-hydrogen) atoms. The zero-order valence-corrected chi connectivity index (χ0v) is 9.98. The monoisotopic (exact) mass is 256 g/mol. The topological polar surface area (TPSA) is 67.2 Å². The van der Waals surface area contributed by atoms with Crippen LogP contribution >= 0.6 is 11.6 Å². The Hall–Kier alpha value is -1.40. The highest BCUT2D eigenvalue weighted by Gasteiger charge is 2.16. The molecule has 1 fully saturated rings. The van der Waals surface area contributed by atoms with Gasteiger partial charge in [-0.25, -0.2) is 9.78 Å². The molecule has 1 amide bonds. The van der Waals surface area contributed by atoms with Crippen LogP contribution in [-0.4, -0.2) is 46.5 Å². The van der Waals surface area contributed by atoms with Crippen molar-refractivity contribution in [3.05, 3.63) is 27.9 Å². The SMILES string of the molecule is O=C(Cn1cc(Cl)cnc1=O)N1CCNCC1. The summed E-state index contributed by atoms with van der Waals surface area (Å²) in [4.78, 5) is 28.6. The van der Waals surface area contributed by atoms with Crippen molar-refractivity contribution < 1.29 is 4.79 Å². The summed E-state index contributed by atoms with van der Waals surface area (Å²) < 4.78 is 1.23. The van der Waals surface area contributed by atoms with Crippen LogP contribution < -0.4 is 11.0 Å². The van der Waals surface area contributed by atoms with E-state index in [0.717, 1.165) is 13.1 Å². The van der Waals surface area contributed by atoms with Crippen molar-refractivity contribution in [2.75, 3.05) is 26.2 Å². The zero-order valence-electron chi connectivity index (χ0n) is 9.23. The average Bonchev–Trinajstić information content (AvgIpc) is 2.35. The third kappa shape index (κ3) is 3.04. The van der Waals surface area contributed by atoms with Gasteiger partial charge in [0.05, 0.1) is 11.2 Å². The Kier molecular flexibility index (Phi) is 3.75. The lowest BCUT2D eigenvalue weighted by Gasteiger charge is -2.27. The molecule has 0 radical (unpaired) electrons. The molecule has 1 saturated heterocycles. The van der Waals surface area contributed by atoms with E-state index < -0.39 is 5.69 Å². The summed E-state index contributed by atoms with van der Waals surface area (Å²) >= 11 is 5.73. The quantitative estimate of drug-likeness (QED) is 0.762. The Morgan fingerprint density at radius 1 is 1.47 bits per heavy atom. The maximum absolute atomic E-state index is 11.9. The number of nitrogens with zero attached hydrogens (tertiary/aromatic N) is 3. The van der Waals surface area contributed by atoms with Gasteiger partial charge in [0, 0.05) is 32.4 Å². The smallest absolute Gasteiger partial charge is 0.339 e. The largest absolute Gasteiger partial charge is 0.348 e. The van der Waals surface area contributed by atoms with Gasteiger partial charge in [-0.05, 0) is 0 Å². The summed E-state index contributed by atoms with van der Waals surface area (Å²) in [7, 11) is 0. The molecule has 7 heteroatoms. The Morgan fingerprint density at radius 2 is 2.18 bits per heavy atom. The second-order valence-electron chi connectivity index (χ2n) is 3.81. The third-order valence-corrected chi connectivity index (χ3v) is 2.79. The fraction of sp³-hybridized carbons (Fsp3) is 0.500. The van der Waals surface area contributed by atoms with E-state index in [1.807, 2.05) is 0 Å². The second-order valence-corrected chi connectivity index (χ2v) is 4.25. The van der Waals surface area contributed by atoms with Crippen LogP contribution in [0.15, 0.2) is 17.2 Å². The van der Waals surface area contributed by atoms with Crippen molar-refractivity contribution in [2.45, 2.75) is 6.54 Å². The summed E-state index contributed by atoms with van der Waals surface area (Å²) in [6.45, 7) is 2.90. The van der Waals surface area contributed by atoms with Crippen LogP contribution in [0.1, 0.15) is 0 Å². The first-order chi connectivity index (χ1) is 8.16. The van der Waals surface area contributed by atoms with E-state index in [2.05, 4.69) is 10.3 Å². The highest BCUT2D eigenvalue weighted by Crippen LogP contribution is 2.02. The van der Waals surface area contributed by atoms with Crippen molar-refractivity contribution in [1.29, 1.82) is 0 Å². The van der Waals surface area contributed by atoms with E-state index in [0.29, 0.717) is 18.1 Å². The summed E-state index contributed by atoms with van der Waals surface area (Å²) in [6.07, 6.45) is 2.70. The normalized spacial score (nSPS) is 15.9. The molecule has 0 spiro atoms. The Labute approximate surface area is 103 Å². The Balaban J connectivity index is 2.07. The number of rotatable bonds is 2. The number of hydrogen-bond acceptors (Lipinski definition) is 4. The predicted octanol–water partition coefficient (Wildman–Crippen LogP) is -0.671. The van der Waals surface area contributed by atoms with Gasteiger partial charge >= 0.3 is 5.69 Å². The number of halogens is 1. The van der Waals surface area contributed by atoms with Crippen molar-refractivity contribution in [3.63, 3.8) is 0 Å². The van der Waals surface area contributed by atoms with Gasteiger partial charge in [0.15, 0.2) is 0 Å². The minimum atomic E-state index is -0.460. The Morgan fingerprint density at radius 3 is 2.88 bits per heavy atom. The first-order valence-corrected chi connectivity index (χ1v) is 5.75. The van der Waals surface area contributed by atoms with Crippen molar-refractivity contribution in [2.24, 2.45) is 0 Å². The molecule has 2 heterocycles. The first kappa shape index (κ1) is 12.1. The number of piperazine rings is 1. The van der Waals surface area contributed by atoms with Gasteiger partial charge in [-0.15, -0.1) is 0 Å². The van der Waals surface area contributed by atoms with Gasteiger partial charge < -0.3 is 10.2 Å². The highest BCUT2D eigenvalue weighted by atomic mass is 35.5. The van der Waals surface area contributed by atoms with Gasteiger partial charge in [0.25, 0.3) is 0 Å². The summed E-state index contributed by atoms with van der Waals surface area (Å²) in [5, 5.41) is 3.50. The minimum Gasteiger partial charge on any atom is -0.339 e. The molecular formula is C10H13ClN4O2. The van der Waals surface area contributed by atoms with Gasteiger partial charge in [0.1, 0.15) is 6.54 Å². The molecule has 0 aliphatic carbocycles. The lowest BCUT2D eigenvalue weighted by molar-refractivity contribution is -0.132. The summed E-state index contributed by atoms with van der Waals surface area (Å²) in [6, 6.07) is 0. The highest BCUT2D eigenvalue weighted by molar-refractivity contribution is 6.30. The standard InChI is InChI=1S/C10H13ClN4O2/c11-8-5-13-10(17)15(6-8)7-9(16)14-3-1-12-2-4-14/h5-6,12H,1-4,7H2. The van der Waals surface area contributed by atoms with Gasteiger partial charge in [-0.1, -0.05) is 11.6 Å². The summed E-state index contributed by atoms with van der Waals surface area (Å²) in [5.41, 5.74) is -0.460. The third-order valence-electron chi connectivity index (χ3n) is 2.60. The van der Waals surface area contributed by atoms with Crippen LogP contribution in [0.4, 0.5) is 0 Å². The van der Waals surface area contributed by atoms with Crippen LogP contribution in [-0.2, 0) is 11.3 Å². The van der Waals surface area contributed by atoms with Gasteiger partial charge in [-0.2, -0.15) is 0 Å². The van der Waals surface area contributed by atoms with E-state index in [1.165, 1.54) is 17.0 Å². The maximum atomic E-state index is 11.9. The first-order valence-electron chi connectivity index (χ1n) is 5.37. The van der Waals surface area contributed by atoms with Crippen LogP contribution in [0.3, 0.4) is 0 Å². The second kappa shape index (κ2) is 5.29. The number of carbonyl (C=O) groups is 1. The van der Waals surface area contributed by atoms with E-state index in [1.54, 1.807) is 4.90 Å². The van der Waals surface area contributed by atoms with Crippen molar-refractivity contribution in [1.82, 2.24) is 19.8 Å². The predicted molar refractivity (Wildman–Crippen MR) is 63.0 cm³/mol. The molecule has 1 N–H and O–H groups in total. The number of aromatic nitrogens is 2. The molecule has 0 aromatic carbocycles. The molecule has 92 valence electrons. The average molecular weight is 257 g/mol. The van der Waals surface area contributed by atoms with Crippen molar-refractivity contribution in [3.8, 4) is 0 Å². The molecule has 1 aliphatic rings. The zero-order chi connectivity index (χ0) is 12.3. The molecule has 0 atom stereocenters. The lowest BCUT2D eigenvalue weighted by Crippen LogP contribution is -2.48. The molecule has 1 aromatic heterocycles. The fourth-order valence-corrected chi connectivity index (χ4v) is 1.87.